The van der Waals surface area contributed by atoms with Crippen molar-refractivity contribution in [1.29, 1.82) is 0 Å². The molecule has 5 nitrogen and oxygen atoms in total. The Balaban J connectivity index is 1.93. The van der Waals surface area contributed by atoms with Crippen molar-refractivity contribution in [1.82, 2.24) is 5.32 Å². The number of rotatable bonds is 5. The van der Waals surface area contributed by atoms with Gasteiger partial charge in [-0.15, -0.1) is 0 Å². The molecule has 1 saturated carbocycles. The topological polar surface area (TPSA) is 68.9 Å². The highest BCUT2D eigenvalue weighted by atomic mass is 16.6. The van der Waals surface area contributed by atoms with Crippen LogP contribution in [0.1, 0.15) is 39.5 Å². The van der Waals surface area contributed by atoms with Gasteiger partial charge in [-0.05, 0) is 32.6 Å². The lowest BCUT2D eigenvalue weighted by Crippen LogP contribution is -2.70. The predicted octanol–water partition coefficient (Wildman–Crippen LogP) is 1.03. The molecule has 2 aliphatic rings. The second-order valence-electron chi connectivity index (χ2n) is 5.05. The monoisotopic (exact) mass is 255 g/mol. The van der Waals surface area contributed by atoms with Crippen LogP contribution in [-0.4, -0.2) is 43.5 Å². The third-order valence-corrected chi connectivity index (χ3v) is 3.86. The molecule has 18 heavy (non-hydrogen) atoms. The average Bonchev–Trinajstić information content (AvgIpc) is 2.87. The maximum atomic E-state index is 5.96. The smallest absolute Gasteiger partial charge is 0.188 e. The van der Waals surface area contributed by atoms with Crippen molar-refractivity contribution in [3.63, 3.8) is 0 Å². The van der Waals surface area contributed by atoms with Gasteiger partial charge >= 0.3 is 0 Å². The molecular formula is C13H25N3O2. The largest absolute Gasteiger partial charge is 0.375 e. The zero-order valence-electron chi connectivity index (χ0n) is 11.4. The molecule has 0 aromatic carbocycles. The van der Waals surface area contributed by atoms with E-state index in [0.717, 1.165) is 45.4 Å². The fourth-order valence-corrected chi connectivity index (χ4v) is 2.94. The van der Waals surface area contributed by atoms with Crippen LogP contribution in [0.4, 0.5) is 0 Å². The number of hydrogen-bond donors (Lipinski definition) is 2. The number of nitrogens with two attached hydrogens (primary N) is 1. The Hall–Kier alpha value is -0.810. The maximum Gasteiger partial charge on any atom is 0.188 e. The van der Waals surface area contributed by atoms with E-state index < -0.39 is 0 Å². The molecule has 0 aromatic heterocycles. The van der Waals surface area contributed by atoms with E-state index in [0.29, 0.717) is 5.96 Å². The number of ether oxygens (including phenoxy) is 2. The summed E-state index contributed by atoms with van der Waals surface area (Å²) in [6.07, 6.45) is 4.33. The first kappa shape index (κ1) is 13.6. The lowest BCUT2D eigenvalue weighted by molar-refractivity contribution is -0.194. The van der Waals surface area contributed by atoms with Crippen LogP contribution in [0.2, 0.25) is 0 Å². The molecule has 0 aromatic rings. The number of nitrogens with one attached hydrogen (secondary N) is 1. The molecule has 3 unspecified atom stereocenters. The Labute approximate surface area is 109 Å². The number of hydrogen-bond acceptors (Lipinski definition) is 3. The third kappa shape index (κ3) is 2.47. The van der Waals surface area contributed by atoms with Crippen LogP contribution in [0.15, 0.2) is 4.99 Å². The highest BCUT2D eigenvalue weighted by molar-refractivity contribution is 5.78. The molecule has 104 valence electrons. The van der Waals surface area contributed by atoms with Gasteiger partial charge in [0.05, 0.1) is 12.1 Å². The van der Waals surface area contributed by atoms with Crippen molar-refractivity contribution < 1.29 is 9.47 Å². The summed E-state index contributed by atoms with van der Waals surface area (Å²) in [5.74, 6) is 0.534. The van der Waals surface area contributed by atoms with Gasteiger partial charge < -0.3 is 20.5 Å². The Morgan fingerprint density at radius 1 is 1.56 bits per heavy atom. The van der Waals surface area contributed by atoms with Gasteiger partial charge in [-0.25, -0.2) is 0 Å². The van der Waals surface area contributed by atoms with Crippen molar-refractivity contribution in [2.45, 2.75) is 57.3 Å². The van der Waals surface area contributed by atoms with Crippen LogP contribution in [-0.2, 0) is 9.47 Å². The van der Waals surface area contributed by atoms with Crippen LogP contribution in [0, 0.1) is 0 Å². The summed E-state index contributed by atoms with van der Waals surface area (Å²) in [4.78, 5) is 4.28. The molecule has 1 aliphatic heterocycles. The minimum absolute atomic E-state index is 0.164. The second-order valence-corrected chi connectivity index (χ2v) is 5.05. The molecule has 0 radical (unpaired) electrons. The highest BCUT2D eigenvalue weighted by Gasteiger charge is 2.58. The van der Waals surface area contributed by atoms with Gasteiger partial charge in [0, 0.05) is 19.8 Å². The summed E-state index contributed by atoms with van der Waals surface area (Å²) in [5, 5.41) is 3.30. The normalized spacial score (nSPS) is 35.8. The molecule has 2 fully saturated rings. The summed E-state index contributed by atoms with van der Waals surface area (Å²) < 4.78 is 11.7. The van der Waals surface area contributed by atoms with Crippen molar-refractivity contribution >= 4 is 5.96 Å². The summed E-state index contributed by atoms with van der Waals surface area (Å²) in [6, 6.07) is 0.247. The second kappa shape index (κ2) is 5.89. The van der Waals surface area contributed by atoms with Gasteiger partial charge in [-0.1, -0.05) is 6.92 Å². The van der Waals surface area contributed by atoms with E-state index in [9.17, 15) is 0 Å². The van der Waals surface area contributed by atoms with E-state index in [1.807, 2.05) is 6.92 Å². The first-order chi connectivity index (χ1) is 8.73. The zero-order valence-corrected chi connectivity index (χ0v) is 11.4. The number of nitrogens with zero attached hydrogens (tertiary/aromatic N) is 1. The van der Waals surface area contributed by atoms with Gasteiger partial charge in [-0.3, -0.25) is 4.99 Å². The van der Waals surface area contributed by atoms with E-state index in [1.54, 1.807) is 0 Å². The summed E-state index contributed by atoms with van der Waals surface area (Å²) >= 11 is 0. The van der Waals surface area contributed by atoms with Crippen molar-refractivity contribution in [2.75, 3.05) is 19.8 Å². The van der Waals surface area contributed by atoms with Gasteiger partial charge in [0.1, 0.15) is 5.60 Å². The summed E-state index contributed by atoms with van der Waals surface area (Å²) in [5.41, 5.74) is 5.72. The molecular weight excluding hydrogens is 230 g/mol. The van der Waals surface area contributed by atoms with Gasteiger partial charge in [-0.2, -0.15) is 0 Å². The Kier molecular flexibility index (Phi) is 4.45. The quantitative estimate of drug-likeness (QED) is 0.568. The Morgan fingerprint density at radius 2 is 2.39 bits per heavy atom. The first-order valence-corrected chi connectivity index (χ1v) is 7.05. The highest BCUT2D eigenvalue weighted by Crippen LogP contribution is 2.45. The van der Waals surface area contributed by atoms with Crippen LogP contribution in [0.3, 0.4) is 0 Å². The summed E-state index contributed by atoms with van der Waals surface area (Å²) in [7, 11) is 0. The van der Waals surface area contributed by atoms with Crippen LogP contribution < -0.4 is 11.1 Å². The standard InChI is InChI=1S/C13H25N3O2/c1-3-7-15-12(14)16-10-9-11(17-4-2)13(10)6-5-8-18-13/h10-11H,3-9H2,1-2H3,(H3,14,15,16). The van der Waals surface area contributed by atoms with E-state index >= 15 is 0 Å². The molecule has 1 saturated heterocycles. The Bertz CT molecular complexity index is 301. The zero-order chi connectivity index (χ0) is 13.0. The van der Waals surface area contributed by atoms with Crippen molar-refractivity contribution in [3.05, 3.63) is 0 Å². The van der Waals surface area contributed by atoms with E-state index in [4.69, 9.17) is 15.2 Å². The van der Waals surface area contributed by atoms with Crippen molar-refractivity contribution in [3.8, 4) is 0 Å². The maximum absolute atomic E-state index is 5.96. The van der Waals surface area contributed by atoms with Gasteiger partial charge in [0.25, 0.3) is 0 Å². The van der Waals surface area contributed by atoms with E-state index in [-0.39, 0.29) is 17.7 Å². The molecule has 3 atom stereocenters. The molecule has 2 rings (SSSR count). The molecule has 1 aliphatic carbocycles. The average molecular weight is 255 g/mol. The number of aliphatic imine (C=N–C) groups is 1. The van der Waals surface area contributed by atoms with Crippen molar-refractivity contribution in [2.24, 2.45) is 10.7 Å². The SMILES string of the molecule is CCCN=C(N)NC1CC(OCC)C12CCCO2. The lowest BCUT2D eigenvalue weighted by atomic mass is 9.70. The number of guanidine groups is 1. The molecule has 1 heterocycles. The first-order valence-electron chi connectivity index (χ1n) is 7.05. The van der Waals surface area contributed by atoms with Gasteiger partial charge in [0.15, 0.2) is 5.96 Å². The van der Waals surface area contributed by atoms with Crippen LogP contribution in [0.5, 0.6) is 0 Å². The molecule has 5 heteroatoms. The fraction of sp³-hybridized carbons (Fsp3) is 0.923. The van der Waals surface area contributed by atoms with Crippen LogP contribution in [0.25, 0.3) is 0 Å². The molecule has 1 spiro atoms. The molecule has 3 N–H and O–H groups in total. The molecule has 0 bridgehead atoms. The third-order valence-electron chi connectivity index (χ3n) is 3.86. The minimum atomic E-state index is -0.164. The van der Waals surface area contributed by atoms with Crippen LogP contribution >= 0.6 is 0 Å². The minimum Gasteiger partial charge on any atom is -0.375 e. The van der Waals surface area contributed by atoms with E-state index in [1.165, 1.54) is 0 Å². The molecule has 0 amide bonds. The van der Waals surface area contributed by atoms with Gasteiger partial charge in [0.2, 0.25) is 0 Å². The predicted molar refractivity (Wildman–Crippen MR) is 71.7 cm³/mol. The lowest BCUT2D eigenvalue weighted by Gasteiger charge is -2.52. The van der Waals surface area contributed by atoms with E-state index in [2.05, 4.69) is 17.2 Å². The fourth-order valence-electron chi connectivity index (χ4n) is 2.94. The Morgan fingerprint density at radius 3 is 3.00 bits per heavy atom. The summed E-state index contributed by atoms with van der Waals surface area (Å²) in [6.45, 7) is 6.46.